The molecule has 0 aromatic heterocycles. The van der Waals surface area contributed by atoms with Crippen LogP contribution in [0.25, 0.3) is 0 Å². The van der Waals surface area contributed by atoms with E-state index < -0.39 is 44.6 Å². The van der Waals surface area contributed by atoms with Gasteiger partial charge in [-0.15, -0.1) is 0 Å². The number of carbonyl (C=O) groups is 2. The molecule has 0 saturated carbocycles. The number of halogens is 3. The third-order valence-corrected chi connectivity index (χ3v) is 4.67. The fourth-order valence-corrected chi connectivity index (χ4v) is 3.32. The zero-order valence-corrected chi connectivity index (χ0v) is 13.9. The normalized spacial score (nSPS) is 13.3. The quantitative estimate of drug-likeness (QED) is 0.588. The van der Waals surface area contributed by atoms with Crippen molar-refractivity contribution in [3.8, 4) is 0 Å². The molecule has 11 heteroatoms. The number of carbonyl (C=O) groups excluding carboxylic acids is 1. The van der Waals surface area contributed by atoms with Gasteiger partial charge in [-0.1, -0.05) is 12.1 Å². The molecule has 0 saturated heterocycles. The fourth-order valence-electron chi connectivity index (χ4n) is 1.89. The predicted molar refractivity (Wildman–Crippen MR) is 81.1 cm³/mol. The van der Waals surface area contributed by atoms with E-state index >= 15 is 0 Å². The van der Waals surface area contributed by atoms with Crippen LogP contribution in [0.1, 0.15) is 25.3 Å². The molecule has 0 aliphatic heterocycles. The molecule has 0 fully saturated rings. The van der Waals surface area contributed by atoms with Gasteiger partial charge in [-0.3, -0.25) is 9.59 Å². The molecule has 1 rings (SSSR count). The fraction of sp³-hybridized carbons (Fsp3) is 0.429. The lowest BCUT2D eigenvalue weighted by Gasteiger charge is -2.17. The largest absolute Gasteiger partial charge is 0.481 e. The van der Waals surface area contributed by atoms with Gasteiger partial charge in [0, 0.05) is 13.0 Å². The smallest absolute Gasteiger partial charge is 0.417 e. The monoisotopic (exact) mass is 382 g/mol. The summed E-state index contributed by atoms with van der Waals surface area (Å²) in [6.45, 7) is 1.16. The summed E-state index contributed by atoms with van der Waals surface area (Å²) in [5.41, 5.74) is -1.34. The molecule has 140 valence electrons. The van der Waals surface area contributed by atoms with Crippen LogP contribution in [0.2, 0.25) is 0 Å². The highest BCUT2D eigenvalue weighted by molar-refractivity contribution is 7.89. The minimum absolute atomic E-state index is 0.00363. The Morgan fingerprint density at radius 1 is 1.24 bits per heavy atom. The molecule has 0 aliphatic carbocycles. The Labute approximate surface area is 142 Å². The van der Waals surface area contributed by atoms with Crippen LogP contribution in [-0.4, -0.2) is 38.0 Å². The first kappa shape index (κ1) is 20.9. The van der Waals surface area contributed by atoms with Gasteiger partial charge in [-0.2, -0.15) is 17.9 Å². The average Bonchev–Trinajstić information content (AvgIpc) is 2.50. The first-order chi connectivity index (χ1) is 11.4. The summed E-state index contributed by atoms with van der Waals surface area (Å²) >= 11 is 0. The molecule has 0 aliphatic rings. The van der Waals surface area contributed by atoms with Crippen molar-refractivity contribution in [1.29, 1.82) is 0 Å². The maximum atomic E-state index is 12.9. The number of hydrogen-bond acceptors (Lipinski definition) is 4. The van der Waals surface area contributed by atoms with Gasteiger partial charge in [0.2, 0.25) is 15.9 Å². The Morgan fingerprint density at radius 2 is 1.84 bits per heavy atom. The highest BCUT2D eigenvalue weighted by Crippen LogP contribution is 2.33. The lowest BCUT2D eigenvalue weighted by molar-refractivity contribution is -0.140. The molecular weight excluding hydrogens is 365 g/mol. The van der Waals surface area contributed by atoms with Crippen molar-refractivity contribution in [2.24, 2.45) is 0 Å². The van der Waals surface area contributed by atoms with E-state index in [9.17, 15) is 31.2 Å². The van der Waals surface area contributed by atoms with Crippen LogP contribution in [0, 0.1) is 0 Å². The predicted octanol–water partition coefficient (Wildman–Crippen LogP) is 1.35. The maximum absolute atomic E-state index is 12.9. The van der Waals surface area contributed by atoms with Crippen LogP contribution in [0.4, 0.5) is 13.2 Å². The van der Waals surface area contributed by atoms with Crippen molar-refractivity contribution in [3.05, 3.63) is 29.8 Å². The number of nitrogens with one attached hydrogen (secondary N) is 2. The molecular formula is C14H17F3N2O5S. The van der Waals surface area contributed by atoms with E-state index in [2.05, 4.69) is 5.32 Å². The second-order valence-electron chi connectivity index (χ2n) is 5.13. The number of amides is 1. The van der Waals surface area contributed by atoms with E-state index in [-0.39, 0.29) is 19.4 Å². The second-order valence-corrected chi connectivity index (χ2v) is 6.81. The third kappa shape index (κ3) is 6.35. The summed E-state index contributed by atoms with van der Waals surface area (Å²) in [5, 5.41) is 10.8. The number of benzene rings is 1. The molecule has 25 heavy (non-hydrogen) atoms. The molecule has 0 radical (unpaired) electrons. The first-order valence-corrected chi connectivity index (χ1v) is 8.61. The number of carboxylic acids is 1. The number of carboxylic acid groups (broad SMARTS) is 1. The van der Waals surface area contributed by atoms with Gasteiger partial charge >= 0.3 is 12.1 Å². The molecule has 7 nitrogen and oxygen atoms in total. The van der Waals surface area contributed by atoms with Crippen LogP contribution in [-0.2, 0) is 25.8 Å². The van der Waals surface area contributed by atoms with Crippen molar-refractivity contribution in [2.75, 3.05) is 6.54 Å². The van der Waals surface area contributed by atoms with Gasteiger partial charge in [0.25, 0.3) is 0 Å². The number of rotatable bonds is 8. The zero-order chi connectivity index (χ0) is 19.3. The zero-order valence-electron chi connectivity index (χ0n) is 13.1. The van der Waals surface area contributed by atoms with Crippen LogP contribution in [0.15, 0.2) is 29.2 Å². The lowest BCUT2D eigenvalue weighted by Crippen LogP contribution is -2.45. The summed E-state index contributed by atoms with van der Waals surface area (Å²) < 4.78 is 65.0. The van der Waals surface area contributed by atoms with Crippen molar-refractivity contribution in [1.82, 2.24) is 10.0 Å². The second kappa shape index (κ2) is 8.30. The molecule has 0 spiro atoms. The summed E-state index contributed by atoms with van der Waals surface area (Å²) in [5.74, 6) is -1.83. The van der Waals surface area contributed by atoms with Crippen LogP contribution < -0.4 is 10.0 Å². The molecule has 1 amide bonds. The van der Waals surface area contributed by atoms with Gasteiger partial charge in [-0.25, -0.2) is 8.42 Å². The topological polar surface area (TPSA) is 113 Å². The number of sulfonamides is 1. The van der Waals surface area contributed by atoms with Gasteiger partial charge in [0.15, 0.2) is 0 Å². The molecule has 1 aromatic rings. The summed E-state index contributed by atoms with van der Waals surface area (Å²) in [4.78, 5) is 21.1. The van der Waals surface area contributed by atoms with E-state index in [1.165, 1.54) is 6.92 Å². The highest BCUT2D eigenvalue weighted by atomic mass is 32.2. The Bertz CT molecular complexity index is 734. The molecule has 0 bridgehead atoms. The Morgan fingerprint density at radius 3 is 2.40 bits per heavy atom. The average molecular weight is 382 g/mol. The first-order valence-electron chi connectivity index (χ1n) is 7.13. The standard InChI is InChI=1S/C14H17F3N2O5S/c1-9(13(22)18-8-4-7-12(20)21)19-25(23,24)11-6-3-2-5-10(11)14(15,16)17/h2-3,5-6,9,19H,4,7-8H2,1H3,(H,18,22)(H,20,21). The summed E-state index contributed by atoms with van der Waals surface area (Å²) in [6, 6.07) is 2.28. The van der Waals surface area contributed by atoms with Crippen molar-refractivity contribution in [2.45, 2.75) is 36.9 Å². The van der Waals surface area contributed by atoms with Crippen molar-refractivity contribution in [3.63, 3.8) is 0 Å². The minimum Gasteiger partial charge on any atom is -0.481 e. The maximum Gasteiger partial charge on any atom is 0.417 e. The van der Waals surface area contributed by atoms with E-state index in [0.29, 0.717) is 6.07 Å². The van der Waals surface area contributed by atoms with E-state index in [4.69, 9.17) is 5.11 Å². The van der Waals surface area contributed by atoms with Crippen LogP contribution in [0.5, 0.6) is 0 Å². The SMILES string of the molecule is CC(NS(=O)(=O)c1ccccc1C(F)(F)F)C(=O)NCCCC(=O)O. The van der Waals surface area contributed by atoms with Gasteiger partial charge in [0.1, 0.15) is 0 Å². The summed E-state index contributed by atoms with van der Waals surface area (Å²) in [6.07, 6.45) is -4.91. The molecule has 1 unspecified atom stereocenters. The van der Waals surface area contributed by atoms with Gasteiger partial charge < -0.3 is 10.4 Å². The number of alkyl halides is 3. The van der Waals surface area contributed by atoms with E-state index in [0.717, 1.165) is 18.2 Å². The Hall–Kier alpha value is -2.14. The Balaban J connectivity index is 2.81. The molecule has 3 N–H and O–H groups in total. The van der Waals surface area contributed by atoms with Crippen LogP contribution in [0.3, 0.4) is 0 Å². The molecule has 1 atom stereocenters. The van der Waals surface area contributed by atoms with Crippen molar-refractivity contribution >= 4 is 21.9 Å². The van der Waals surface area contributed by atoms with Gasteiger partial charge in [-0.05, 0) is 25.5 Å². The number of hydrogen-bond donors (Lipinski definition) is 3. The highest BCUT2D eigenvalue weighted by Gasteiger charge is 2.37. The number of aliphatic carboxylic acids is 1. The molecule has 1 aromatic carbocycles. The minimum atomic E-state index is -4.87. The van der Waals surface area contributed by atoms with Crippen LogP contribution >= 0.6 is 0 Å². The molecule has 0 heterocycles. The summed E-state index contributed by atoms with van der Waals surface area (Å²) in [7, 11) is -4.59. The lowest BCUT2D eigenvalue weighted by atomic mass is 10.2. The Kier molecular flexibility index (Phi) is 6.94. The van der Waals surface area contributed by atoms with E-state index in [1.54, 1.807) is 0 Å². The third-order valence-electron chi connectivity index (χ3n) is 3.07. The van der Waals surface area contributed by atoms with E-state index in [1.807, 2.05) is 4.72 Å². The van der Waals surface area contributed by atoms with Crippen molar-refractivity contribution < 1.29 is 36.3 Å². The van der Waals surface area contributed by atoms with Gasteiger partial charge in [0.05, 0.1) is 16.5 Å².